The summed E-state index contributed by atoms with van der Waals surface area (Å²) >= 11 is 1.82. The number of amides is 1. The summed E-state index contributed by atoms with van der Waals surface area (Å²) in [5.74, 6) is 0.736. The maximum Gasteiger partial charge on any atom is 0.251 e. The van der Waals surface area contributed by atoms with Gasteiger partial charge in [0.05, 0.1) is 11.3 Å². The standard InChI is InChI=1S/C17H24N2OS/c1-3-21-13-10-12(2)15(16(18)20)14(11-13)19-8-6-17(4-5-17)7-9-19/h10-11H,3-9H2,1-2H3,(H2,18,20). The number of piperidine rings is 1. The molecule has 2 fully saturated rings. The number of hydrogen-bond acceptors (Lipinski definition) is 3. The monoisotopic (exact) mass is 304 g/mol. The van der Waals surface area contributed by atoms with Crippen molar-refractivity contribution in [2.75, 3.05) is 23.7 Å². The van der Waals surface area contributed by atoms with Crippen LogP contribution in [0.25, 0.3) is 0 Å². The number of rotatable bonds is 4. The smallest absolute Gasteiger partial charge is 0.251 e. The van der Waals surface area contributed by atoms with E-state index in [2.05, 4.69) is 24.0 Å². The van der Waals surface area contributed by atoms with Gasteiger partial charge in [0.25, 0.3) is 5.91 Å². The van der Waals surface area contributed by atoms with Crippen molar-refractivity contribution in [3.63, 3.8) is 0 Å². The van der Waals surface area contributed by atoms with E-state index in [1.165, 1.54) is 30.6 Å². The third kappa shape index (κ3) is 2.91. The van der Waals surface area contributed by atoms with E-state index in [0.717, 1.165) is 30.1 Å². The van der Waals surface area contributed by atoms with Crippen molar-refractivity contribution in [2.24, 2.45) is 11.1 Å². The van der Waals surface area contributed by atoms with E-state index in [1.807, 2.05) is 18.7 Å². The number of nitrogens with two attached hydrogens (primary N) is 1. The van der Waals surface area contributed by atoms with Gasteiger partial charge < -0.3 is 10.6 Å². The van der Waals surface area contributed by atoms with Crippen LogP contribution in [0.4, 0.5) is 5.69 Å². The molecule has 0 atom stereocenters. The van der Waals surface area contributed by atoms with Gasteiger partial charge in [-0.05, 0) is 61.5 Å². The maximum absolute atomic E-state index is 11.9. The molecule has 4 heteroatoms. The molecule has 21 heavy (non-hydrogen) atoms. The summed E-state index contributed by atoms with van der Waals surface area (Å²) in [5.41, 5.74) is 9.05. The fourth-order valence-electron chi connectivity index (χ4n) is 3.45. The lowest BCUT2D eigenvalue weighted by atomic mass is 9.92. The van der Waals surface area contributed by atoms with Crippen LogP contribution in [-0.4, -0.2) is 24.7 Å². The number of nitrogens with zero attached hydrogens (tertiary/aromatic N) is 1. The largest absolute Gasteiger partial charge is 0.371 e. The zero-order chi connectivity index (χ0) is 15.0. The highest BCUT2D eigenvalue weighted by molar-refractivity contribution is 7.99. The van der Waals surface area contributed by atoms with Gasteiger partial charge in [-0.15, -0.1) is 11.8 Å². The highest BCUT2D eigenvalue weighted by Gasteiger charge is 2.44. The molecule has 1 aliphatic carbocycles. The number of primary amides is 1. The Labute approximate surface area is 131 Å². The first-order chi connectivity index (χ1) is 10.0. The van der Waals surface area contributed by atoms with Crippen molar-refractivity contribution in [3.05, 3.63) is 23.3 Å². The van der Waals surface area contributed by atoms with Gasteiger partial charge in [0.1, 0.15) is 0 Å². The third-order valence-electron chi connectivity index (χ3n) is 4.97. The number of thioether (sulfide) groups is 1. The molecule has 2 N–H and O–H groups in total. The molecule has 1 saturated heterocycles. The predicted molar refractivity (Wildman–Crippen MR) is 89.2 cm³/mol. The van der Waals surface area contributed by atoms with Gasteiger partial charge >= 0.3 is 0 Å². The van der Waals surface area contributed by atoms with Gasteiger partial charge in [-0.2, -0.15) is 0 Å². The molecule has 1 aromatic carbocycles. The minimum atomic E-state index is -0.303. The minimum absolute atomic E-state index is 0.303. The lowest BCUT2D eigenvalue weighted by Gasteiger charge is -2.35. The molecule has 1 saturated carbocycles. The maximum atomic E-state index is 11.9. The Kier molecular flexibility index (Phi) is 3.91. The number of anilines is 1. The van der Waals surface area contributed by atoms with Crippen LogP contribution in [0, 0.1) is 12.3 Å². The van der Waals surface area contributed by atoms with Crippen LogP contribution in [0.15, 0.2) is 17.0 Å². The molecule has 0 unspecified atom stereocenters. The summed E-state index contributed by atoms with van der Waals surface area (Å²) in [6.45, 7) is 6.26. The zero-order valence-electron chi connectivity index (χ0n) is 12.9. The second-order valence-corrected chi connectivity index (χ2v) is 7.76. The number of benzene rings is 1. The molecule has 1 aromatic rings. The fourth-order valence-corrected chi connectivity index (χ4v) is 4.24. The molecule has 114 valence electrons. The first-order valence-corrected chi connectivity index (χ1v) is 8.85. The van der Waals surface area contributed by atoms with Crippen LogP contribution in [0.5, 0.6) is 0 Å². The van der Waals surface area contributed by atoms with Gasteiger partial charge in [-0.1, -0.05) is 6.92 Å². The first kappa shape index (κ1) is 14.8. The van der Waals surface area contributed by atoms with Gasteiger partial charge in [0, 0.05) is 18.0 Å². The van der Waals surface area contributed by atoms with E-state index >= 15 is 0 Å². The first-order valence-electron chi connectivity index (χ1n) is 7.87. The Morgan fingerprint density at radius 2 is 1.95 bits per heavy atom. The van der Waals surface area contributed by atoms with E-state index in [9.17, 15) is 4.79 Å². The molecule has 1 aliphatic heterocycles. The summed E-state index contributed by atoms with van der Waals surface area (Å²) in [6.07, 6.45) is 5.31. The van der Waals surface area contributed by atoms with Crippen molar-refractivity contribution in [1.29, 1.82) is 0 Å². The molecular weight excluding hydrogens is 280 g/mol. The number of aryl methyl sites for hydroxylation is 1. The van der Waals surface area contributed by atoms with Crippen LogP contribution in [-0.2, 0) is 0 Å². The van der Waals surface area contributed by atoms with E-state index in [1.54, 1.807) is 0 Å². The van der Waals surface area contributed by atoms with Gasteiger partial charge in [-0.3, -0.25) is 4.79 Å². The Morgan fingerprint density at radius 1 is 1.29 bits per heavy atom. The molecule has 0 bridgehead atoms. The van der Waals surface area contributed by atoms with Crippen LogP contribution >= 0.6 is 11.8 Å². The second kappa shape index (κ2) is 5.56. The Balaban J connectivity index is 1.92. The average Bonchev–Trinajstić information content (AvgIpc) is 3.18. The molecular formula is C17H24N2OS. The minimum Gasteiger partial charge on any atom is -0.371 e. The SMILES string of the molecule is CCSc1cc(C)c(C(N)=O)c(N2CCC3(CC2)CC3)c1. The number of hydrogen-bond donors (Lipinski definition) is 1. The van der Waals surface area contributed by atoms with E-state index in [-0.39, 0.29) is 5.91 Å². The van der Waals surface area contributed by atoms with Crippen molar-refractivity contribution in [1.82, 2.24) is 0 Å². The lowest BCUT2D eigenvalue weighted by molar-refractivity contribution is 0.1000. The summed E-state index contributed by atoms with van der Waals surface area (Å²) in [5, 5.41) is 0. The molecule has 0 radical (unpaired) electrons. The summed E-state index contributed by atoms with van der Waals surface area (Å²) in [7, 11) is 0. The molecule has 1 amide bonds. The molecule has 3 rings (SSSR count). The molecule has 0 aromatic heterocycles. The van der Waals surface area contributed by atoms with E-state index < -0.39 is 0 Å². The molecule has 3 nitrogen and oxygen atoms in total. The molecule has 2 aliphatic rings. The average molecular weight is 304 g/mol. The highest BCUT2D eigenvalue weighted by Crippen LogP contribution is 2.54. The number of carbonyl (C=O) groups excluding carboxylic acids is 1. The van der Waals surface area contributed by atoms with Crippen LogP contribution in [0.3, 0.4) is 0 Å². The number of carbonyl (C=O) groups is 1. The Hall–Kier alpha value is -1.16. The Morgan fingerprint density at radius 3 is 2.48 bits per heavy atom. The van der Waals surface area contributed by atoms with Crippen molar-refractivity contribution >= 4 is 23.4 Å². The molecule has 1 heterocycles. The van der Waals surface area contributed by atoms with Crippen molar-refractivity contribution in [3.8, 4) is 0 Å². The Bertz CT molecular complexity index is 556. The second-order valence-electron chi connectivity index (χ2n) is 6.42. The van der Waals surface area contributed by atoms with Crippen LogP contribution in [0.1, 0.15) is 48.5 Å². The normalized spacial score (nSPS) is 19.8. The van der Waals surface area contributed by atoms with Gasteiger partial charge in [0.2, 0.25) is 0 Å². The van der Waals surface area contributed by atoms with E-state index in [4.69, 9.17) is 5.73 Å². The summed E-state index contributed by atoms with van der Waals surface area (Å²) in [4.78, 5) is 15.5. The van der Waals surface area contributed by atoms with E-state index in [0.29, 0.717) is 11.0 Å². The van der Waals surface area contributed by atoms with Crippen molar-refractivity contribution in [2.45, 2.75) is 44.4 Å². The van der Waals surface area contributed by atoms with Crippen LogP contribution < -0.4 is 10.6 Å². The quantitative estimate of drug-likeness (QED) is 0.865. The summed E-state index contributed by atoms with van der Waals surface area (Å²) in [6, 6.07) is 4.25. The van der Waals surface area contributed by atoms with Crippen LogP contribution in [0.2, 0.25) is 0 Å². The van der Waals surface area contributed by atoms with Crippen molar-refractivity contribution < 1.29 is 4.79 Å². The predicted octanol–water partition coefficient (Wildman–Crippen LogP) is 3.59. The third-order valence-corrected chi connectivity index (χ3v) is 5.83. The summed E-state index contributed by atoms with van der Waals surface area (Å²) < 4.78 is 0. The highest BCUT2D eigenvalue weighted by atomic mass is 32.2. The zero-order valence-corrected chi connectivity index (χ0v) is 13.8. The lowest BCUT2D eigenvalue weighted by Crippen LogP contribution is -2.36. The van der Waals surface area contributed by atoms with Gasteiger partial charge in [0.15, 0.2) is 0 Å². The molecule has 1 spiro atoms. The van der Waals surface area contributed by atoms with Gasteiger partial charge in [-0.25, -0.2) is 0 Å². The fraction of sp³-hybridized carbons (Fsp3) is 0.588. The topological polar surface area (TPSA) is 46.3 Å².